The molecule has 1 fully saturated rings. The van der Waals surface area contributed by atoms with Gasteiger partial charge in [0.15, 0.2) is 10.3 Å². The summed E-state index contributed by atoms with van der Waals surface area (Å²) in [6.45, 7) is 3.98. The molecule has 0 spiro atoms. The Morgan fingerprint density at radius 2 is 2.07 bits per heavy atom. The SMILES string of the molecule is CC(=O)SCCCCCC(=O)NC1=NC2C=CC(C(=O)N3CCOCC3)=CC2S1. The molecule has 0 aromatic rings. The summed E-state index contributed by atoms with van der Waals surface area (Å²) in [5.74, 6) is 0.809. The number of morpholine rings is 1. The van der Waals surface area contributed by atoms with Crippen LogP contribution in [0, 0.1) is 0 Å². The minimum absolute atomic E-state index is 0.0315. The molecule has 0 bridgehead atoms. The molecule has 2 aliphatic heterocycles. The summed E-state index contributed by atoms with van der Waals surface area (Å²) in [7, 11) is 0. The zero-order valence-electron chi connectivity index (χ0n) is 16.6. The first-order chi connectivity index (χ1) is 14.0. The van der Waals surface area contributed by atoms with E-state index in [9.17, 15) is 14.4 Å². The number of thioether (sulfide) groups is 2. The fraction of sp³-hybridized carbons (Fsp3) is 0.600. The van der Waals surface area contributed by atoms with Crippen molar-refractivity contribution in [2.45, 2.75) is 43.9 Å². The first-order valence-corrected chi connectivity index (χ1v) is 11.8. The highest BCUT2D eigenvalue weighted by atomic mass is 32.2. The van der Waals surface area contributed by atoms with E-state index in [1.807, 2.05) is 23.1 Å². The summed E-state index contributed by atoms with van der Waals surface area (Å²) in [4.78, 5) is 42.1. The number of rotatable bonds is 7. The van der Waals surface area contributed by atoms with E-state index in [2.05, 4.69) is 10.3 Å². The lowest BCUT2D eigenvalue weighted by molar-refractivity contribution is -0.130. The van der Waals surface area contributed by atoms with Gasteiger partial charge in [-0.15, -0.1) is 0 Å². The van der Waals surface area contributed by atoms with Gasteiger partial charge in [0.05, 0.1) is 24.5 Å². The Kier molecular flexibility index (Phi) is 8.38. The van der Waals surface area contributed by atoms with Crippen LogP contribution in [0.1, 0.15) is 32.6 Å². The number of unbranched alkanes of at least 4 members (excludes halogenated alkanes) is 2. The summed E-state index contributed by atoms with van der Waals surface area (Å²) >= 11 is 2.83. The zero-order valence-corrected chi connectivity index (χ0v) is 18.2. The molecule has 9 heteroatoms. The molecule has 0 saturated carbocycles. The average Bonchev–Trinajstić information content (AvgIpc) is 3.11. The summed E-state index contributed by atoms with van der Waals surface area (Å²) in [6, 6.07) is -0.0415. The topological polar surface area (TPSA) is 88.1 Å². The first-order valence-electron chi connectivity index (χ1n) is 9.97. The number of aliphatic imine (C=N–C) groups is 1. The van der Waals surface area contributed by atoms with E-state index in [1.165, 1.54) is 23.5 Å². The third-order valence-electron chi connectivity index (χ3n) is 4.81. The summed E-state index contributed by atoms with van der Waals surface area (Å²) in [5.41, 5.74) is 0.687. The third-order valence-corrected chi connectivity index (χ3v) is 6.83. The molecule has 1 N–H and O–H groups in total. The van der Waals surface area contributed by atoms with E-state index in [4.69, 9.17) is 4.74 Å². The van der Waals surface area contributed by atoms with Gasteiger partial charge in [0.1, 0.15) is 0 Å². The fourth-order valence-corrected chi connectivity index (χ4v) is 5.03. The maximum Gasteiger partial charge on any atom is 0.253 e. The van der Waals surface area contributed by atoms with Crippen molar-refractivity contribution in [3.05, 3.63) is 23.8 Å². The molecule has 7 nitrogen and oxygen atoms in total. The molecule has 2 heterocycles. The largest absolute Gasteiger partial charge is 0.378 e. The van der Waals surface area contributed by atoms with Crippen LogP contribution in [0.25, 0.3) is 0 Å². The molecule has 0 aromatic carbocycles. The molecule has 2 atom stereocenters. The van der Waals surface area contributed by atoms with E-state index < -0.39 is 0 Å². The van der Waals surface area contributed by atoms with Gasteiger partial charge in [0.2, 0.25) is 5.91 Å². The number of ether oxygens (including phenoxy) is 1. The molecule has 0 radical (unpaired) electrons. The lowest BCUT2D eigenvalue weighted by atomic mass is 10.0. The van der Waals surface area contributed by atoms with Crippen molar-refractivity contribution in [1.82, 2.24) is 10.2 Å². The zero-order chi connectivity index (χ0) is 20.6. The lowest BCUT2D eigenvalue weighted by Crippen LogP contribution is -2.41. The summed E-state index contributed by atoms with van der Waals surface area (Å²) in [6.07, 6.45) is 8.86. The number of fused-ring (bicyclic) bond motifs is 1. The molecular formula is C20H27N3O4S2. The van der Waals surface area contributed by atoms with E-state index in [1.54, 1.807) is 6.92 Å². The van der Waals surface area contributed by atoms with Crippen molar-refractivity contribution in [3.8, 4) is 0 Å². The Morgan fingerprint density at radius 3 is 2.83 bits per heavy atom. The number of nitrogens with one attached hydrogen (secondary N) is 1. The van der Waals surface area contributed by atoms with E-state index in [-0.39, 0.29) is 28.2 Å². The van der Waals surface area contributed by atoms with Crippen LogP contribution in [0.3, 0.4) is 0 Å². The molecule has 3 rings (SSSR count). The minimum Gasteiger partial charge on any atom is -0.378 e. The van der Waals surface area contributed by atoms with E-state index >= 15 is 0 Å². The number of amidine groups is 1. The van der Waals surface area contributed by atoms with Crippen molar-refractivity contribution >= 4 is 45.6 Å². The van der Waals surface area contributed by atoms with Gasteiger partial charge in [-0.2, -0.15) is 0 Å². The number of hydrogen-bond acceptors (Lipinski definition) is 7. The minimum atomic E-state index is -0.0415. The number of carbonyl (C=O) groups is 3. The normalized spacial score (nSPS) is 23.3. The molecule has 29 heavy (non-hydrogen) atoms. The monoisotopic (exact) mass is 437 g/mol. The number of amides is 2. The van der Waals surface area contributed by atoms with E-state index in [0.29, 0.717) is 43.5 Å². The third kappa shape index (κ3) is 6.72. The number of nitrogens with zero attached hydrogens (tertiary/aromatic N) is 2. The molecule has 1 saturated heterocycles. The molecule has 0 aromatic heterocycles. The Labute approximate surface area is 179 Å². The summed E-state index contributed by atoms with van der Waals surface area (Å²) < 4.78 is 5.31. The predicted octanol–water partition coefficient (Wildman–Crippen LogP) is 2.14. The molecule has 2 unspecified atom stereocenters. The standard InChI is InChI=1S/C20H27N3O4S2/c1-14(24)28-12-4-2-3-5-18(25)22-20-21-16-7-6-15(13-17(16)29-20)19(26)23-8-10-27-11-9-23/h6-7,13,16-17H,2-5,8-12H2,1H3,(H,21,22,25). The second-order valence-corrected chi connectivity index (χ2v) is 9.53. The van der Waals surface area contributed by atoms with Gasteiger partial charge < -0.3 is 15.0 Å². The highest BCUT2D eigenvalue weighted by molar-refractivity contribution is 8.14. The van der Waals surface area contributed by atoms with Crippen molar-refractivity contribution in [2.75, 3.05) is 32.1 Å². The second-order valence-electron chi connectivity index (χ2n) is 7.09. The van der Waals surface area contributed by atoms with Gasteiger partial charge in [-0.05, 0) is 12.8 Å². The fourth-order valence-electron chi connectivity index (χ4n) is 3.27. The number of hydrogen-bond donors (Lipinski definition) is 1. The van der Waals surface area contributed by atoms with Crippen LogP contribution in [0.4, 0.5) is 0 Å². The highest BCUT2D eigenvalue weighted by Crippen LogP contribution is 2.32. The van der Waals surface area contributed by atoms with Gasteiger partial charge in [-0.25, -0.2) is 0 Å². The van der Waals surface area contributed by atoms with Gasteiger partial charge in [0, 0.05) is 37.8 Å². The maximum absolute atomic E-state index is 12.6. The van der Waals surface area contributed by atoms with Crippen LogP contribution < -0.4 is 5.32 Å². The molecule has 1 aliphatic carbocycles. The Morgan fingerprint density at radius 1 is 1.28 bits per heavy atom. The van der Waals surface area contributed by atoms with Crippen LogP contribution in [-0.4, -0.2) is 70.3 Å². The number of carbonyl (C=O) groups excluding carboxylic acids is 3. The van der Waals surface area contributed by atoms with Gasteiger partial charge in [-0.3, -0.25) is 19.4 Å². The molecule has 158 valence electrons. The lowest BCUT2D eigenvalue weighted by Gasteiger charge is -2.28. The average molecular weight is 438 g/mol. The van der Waals surface area contributed by atoms with Crippen molar-refractivity contribution < 1.29 is 19.1 Å². The quantitative estimate of drug-likeness (QED) is 0.614. The Balaban J connectivity index is 1.40. The van der Waals surface area contributed by atoms with Crippen molar-refractivity contribution in [2.24, 2.45) is 4.99 Å². The predicted molar refractivity (Wildman–Crippen MR) is 117 cm³/mol. The van der Waals surface area contributed by atoms with Crippen LogP contribution >= 0.6 is 23.5 Å². The molecule has 2 amide bonds. The second kappa shape index (κ2) is 11.0. The van der Waals surface area contributed by atoms with Crippen LogP contribution in [0.5, 0.6) is 0 Å². The summed E-state index contributed by atoms with van der Waals surface area (Å²) in [5, 5.41) is 3.69. The van der Waals surface area contributed by atoms with Crippen molar-refractivity contribution in [3.63, 3.8) is 0 Å². The van der Waals surface area contributed by atoms with Gasteiger partial charge >= 0.3 is 0 Å². The van der Waals surface area contributed by atoms with Crippen LogP contribution in [-0.2, 0) is 19.1 Å². The van der Waals surface area contributed by atoms with Crippen LogP contribution in [0.15, 0.2) is 28.8 Å². The smallest absolute Gasteiger partial charge is 0.253 e. The highest BCUT2D eigenvalue weighted by Gasteiger charge is 2.32. The van der Waals surface area contributed by atoms with Crippen molar-refractivity contribution in [1.29, 1.82) is 0 Å². The van der Waals surface area contributed by atoms with Gasteiger partial charge in [0.25, 0.3) is 5.91 Å². The molecule has 3 aliphatic rings. The first kappa shape index (κ1) is 22.1. The van der Waals surface area contributed by atoms with E-state index in [0.717, 1.165) is 25.0 Å². The Hall–Kier alpha value is -1.58. The Bertz CT molecular complexity index is 729. The maximum atomic E-state index is 12.6. The van der Waals surface area contributed by atoms with Gasteiger partial charge in [-0.1, -0.05) is 48.2 Å². The molecular weight excluding hydrogens is 410 g/mol. The van der Waals surface area contributed by atoms with Crippen LogP contribution in [0.2, 0.25) is 0 Å².